The maximum absolute atomic E-state index is 13.5. The zero-order valence-electron chi connectivity index (χ0n) is 18.9. The van der Waals surface area contributed by atoms with E-state index in [1.54, 1.807) is 40.5 Å². The number of nitrogens with zero attached hydrogens (tertiary/aromatic N) is 3. The van der Waals surface area contributed by atoms with Crippen LogP contribution in [0.4, 0.5) is 5.69 Å². The lowest BCUT2D eigenvalue weighted by molar-refractivity contribution is -0.685. The average Bonchev–Trinajstić information content (AvgIpc) is 3.47. The quantitative estimate of drug-likeness (QED) is 0.287. The van der Waals surface area contributed by atoms with Crippen molar-refractivity contribution in [3.63, 3.8) is 0 Å². The fraction of sp³-hybridized carbons (Fsp3) is 0.154. The standard InChI is InChI=1S/C26H24N3OS3.ClH/c1-4-12-29-23(16-22-28(13-14-31-22)17-19-8-6-5-7-9-19)33-24(25(29)30)26-27(3)20-11-10-18(2)15-21(20)32-26;/h4-11,13-16H,1,12,17H2,2-3H3;1H/q+1;/p-1/b26-24+;. The molecule has 5 rings (SSSR count). The second-order valence-corrected chi connectivity index (χ2v) is 10.9. The first-order valence-corrected chi connectivity index (χ1v) is 13.2. The van der Waals surface area contributed by atoms with Crippen LogP contribution < -0.4 is 36.6 Å². The van der Waals surface area contributed by atoms with E-state index in [1.165, 1.54) is 16.0 Å². The number of aryl methyl sites for hydroxylation is 1. The molecule has 3 heterocycles. The zero-order chi connectivity index (χ0) is 22.9. The lowest BCUT2D eigenvalue weighted by Crippen LogP contribution is -3.00. The van der Waals surface area contributed by atoms with E-state index in [9.17, 15) is 4.79 Å². The van der Waals surface area contributed by atoms with Crippen LogP contribution in [0.25, 0.3) is 11.1 Å². The smallest absolute Gasteiger partial charge is 0.272 e. The number of halogens is 1. The Kier molecular flexibility index (Phi) is 7.48. The molecule has 34 heavy (non-hydrogen) atoms. The molecule has 2 aromatic heterocycles. The second kappa shape index (κ2) is 10.4. The first kappa shape index (κ1) is 24.5. The molecular weight excluding hydrogens is 502 g/mol. The number of thiazole rings is 2. The van der Waals surface area contributed by atoms with Gasteiger partial charge in [-0.1, -0.05) is 65.6 Å². The number of benzene rings is 2. The molecule has 1 aliphatic heterocycles. The number of hydrogen-bond acceptors (Lipinski definition) is 5. The van der Waals surface area contributed by atoms with Crippen molar-refractivity contribution in [2.24, 2.45) is 0 Å². The van der Waals surface area contributed by atoms with Gasteiger partial charge in [0.15, 0.2) is 12.7 Å². The Morgan fingerprint density at radius 2 is 1.94 bits per heavy atom. The molecule has 0 spiro atoms. The Morgan fingerprint density at radius 1 is 1.15 bits per heavy atom. The topological polar surface area (TPSA) is 29.1 Å². The van der Waals surface area contributed by atoms with E-state index < -0.39 is 0 Å². The summed E-state index contributed by atoms with van der Waals surface area (Å²) in [7, 11) is 2.04. The Hall–Kier alpha value is -2.58. The summed E-state index contributed by atoms with van der Waals surface area (Å²) in [5.74, 6) is 0. The van der Waals surface area contributed by atoms with Crippen molar-refractivity contribution in [2.75, 3.05) is 11.9 Å². The summed E-state index contributed by atoms with van der Waals surface area (Å²) in [6.45, 7) is 7.26. The Morgan fingerprint density at radius 3 is 2.71 bits per heavy atom. The van der Waals surface area contributed by atoms with Crippen molar-refractivity contribution in [3.8, 4) is 0 Å². The molecule has 0 N–H and O–H groups in total. The van der Waals surface area contributed by atoms with E-state index in [0.29, 0.717) is 6.54 Å². The molecule has 0 amide bonds. The van der Waals surface area contributed by atoms with Crippen LogP contribution in [0.15, 0.2) is 82.5 Å². The van der Waals surface area contributed by atoms with Crippen molar-refractivity contribution >= 4 is 51.2 Å². The predicted octanol–water partition coefficient (Wildman–Crippen LogP) is 0.942. The van der Waals surface area contributed by atoms with E-state index in [1.807, 2.05) is 17.7 Å². The van der Waals surface area contributed by atoms with E-state index in [2.05, 4.69) is 83.1 Å². The monoisotopic (exact) mass is 525 g/mol. The van der Waals surface area contributed by atoms with Gasteiger partial charge in [-0.3, -0.25) is 9.36 Å². The molecule has 4 nitrogen and oxygen atoms in total. The Labute approximate surface area is 217 Å². The number of allylic oxidation sites excluding steroid dienone is 1. The molecule has 0 saturated carbocycles. The maximum Gasteiger partial charge on any atom is 0.272 e. The van der Waals surface area contributed by atoms with Gasteiger partial charge in [0.25, 0.3) is 10.6 Å². The van der Waals surface area contributed by atoms with E-state index in [-0.39, 0.29) is 18.0 Å². The molecule has 4 aromatic rings. The number of rotatable bonds is 5. The molecule has 2 aromatic carbocycles. The van der Waals surface area contributed by atoms with Crippen molar-refractivity contribution in [3.05, 3.63) is 108 Å². The van der Waals surface area contributed by atoms with Crippen LogP contribution in [0.3, 0.4) is 0 Å². The van der Waals surface area contributed by atoms with Gasteiger partial charge < -0.3 is 17.3 Å². The van der Waals surface area contributed by atoms with Crippen LogP contribution >= 0.6 is 34.4 Å². The number of thioether (sulfide) groups is 1. The first-order chi connectivity index (χ1) is 16.0. The highest BCUT2D eigenvalue weighted by atomic mass is 35.5. The third-order valence-electron chi connectivity index (χ3n) is 5.56. The molecule has 0 atom stereocenters. The van der Waals surface area contributed by atoms with Gasteiger partial charge in [-0.2, -0.15) is 4.57 Å². The van der Waals surface area contributed by atoms with Crippen LogP contribution in [0.2, 0.25) is 0 Å². The fourth-order valence-electron chi connectivity index (χ4n) is 3.88. The van der Waals surface area contributed by atoms with Gasteiger partial charge in [-0.25, -0.2) is 0 Å². The third-order valence-corrected chi connectivity index (χ3v) is 8.88. The van der Waals surface area contributed by atoms with Crippen LogP contribution in [-0.2, 0) is 13.1 Å². The summed E-state index contributed by atoms with van der Waals surface area (Å²) in [5, 5.41) is 4.19. The molecule has 0 radical (unpaired) electrons. The first-order valence-electron chi connectivity index (χ1n) is 10.6. The lowest BCUT2D eigenvalue weighted by atomic mass is 10.2. The minimum atomic E-state index is 0. The third kappa shape index (κ3) is 4.66. The predicted molar refractivity (Wildman–Crippen MR) is 140 cm³/mol. The number of hydrogen-bond donors (Lipinski definition) is 0. The van der Waals surface area contributed by atoms with Gasteiger partial charge in [0.2, 0.25) is 0 Å². The molecule has 8 heteroatoms. The Bertz CT molecular complexity index is 1520. The summed E-state index contributed by atoms with van der Waals surface area (Å²) in [4.78, 5) is 16.8. The highest BCUT2D eigenvalue weighted by molar-refractivity contribution is 8.08. The molecular formula is C26H24ClN3OS3. The van der Waals surface area contributed by atoms with Crippen LogP contribution in [0.5, 0.6) is 0 Å². The number of fused-ring (bicyclic) bond motifs is 1. The maximum atomic E-state index is 13.5. The van der Waals surface area contributed by atoms with E-state index in [4.69, 9.17) is 0 Å². The summed E-state index contributed by atoms with van der Waals surface area (Å²) >= 11 is 4.91. The van der Waals surface area contributed by atoms with E-state index >= 15 is 0 Å². The molecule has 0 aliphatic carbocycles. The van der Waals surface area contributed by atoms with E-state index in [0.717, 1.165) is 31.5 Å². The summed E-state index contributed by atoms with van der Waals surface area (Å²) in [6, 6.07) is 16.9. The highest BCUT2D eigenvalue weighted by Crippen LogP contribution is 2.45. The van der Waals surface area contributed by atoms with Crippen molar-refractivity contribution in [2.45, 2.75) is 24.9 Å². The normalized spacial score (nSPS) is 14.8. The zero-order valence-corrected chi connectivity index (χ0v) is 22.1. The highest BCUT2D eigenvalue weighted by Gasteiger charge is 2.25. The van der Waals surface area contributed by atoms with Crippen LogP contribution in [0, 0.1) is 6.92 Å². The van der Waals surface area contributed by atoms with Gasteiger partial charge in [0, 0.05) is 24.1 Å². The summed E-state index contributed by atoms with van der Waals surface area (Å²) < 4.78 is 5.77. The number of aromatic nitrogens is 2. The molecule has 0 bridgehead atoms. The summed E-state index contributed by atoms with van der Waals surface area (Å²) in [6.07, 6.45) is 6.02. The second-order valence-electron chi connectivity index (χ2n) is 7.91. The molecule has 0 unspecified atom stereocenters. The minimum absolute atomic E-state index is 0. The van der Waals surface area contributed by atoms with Crippen LogP contribution in [0.1, 0.15) is 16.1 Å². The lowest BCUT2D eigenvalue weighted by Gasteiger charge is -2.12. The molecule has 1 aliphatic rings. The largest absolute Gasteiger partial charge is 1.00 e. The molecule has 174 valence electrons. The fourth-order valence-corrected chi connectivity index (χ4v) is 7.24. The Balaban J connectivity index is 0.00000274. The van der Waals surface area contributed by atoms with Gasteiger partial charge >= 0.3 is 0 Å². The van der Waals surface area contributed by atoms with Gasteiger partial charge in [0.05, 0.1) is 17.1 Å². The molecule has 0 fully saturated rings. The summed E-state index contributed by atoms with van der Waals surface area (Å²) in [5.41, 5.74) is 3.66. The van der Waals surface area contributed by atoms with Crippen molar-refractivity contribution < 1.29 is 17.0 Å². The molecule has 0 saturated heterocycles. The minimum Gasteiger partial charge on any atom is -1.00 e. The van der Waals surface area contributed by atoms with Crippen molar-refractivity contribution in [1.29, 1.82) is 0 Å². The van der Waals surface area contributed by atoms with Crippen molar-refractivity contribution in [1.82, 2.24) is 4.57 Å². The van der Waals surface area contributed by atoms with Gasteiger partial charge in [-0.05, 0) is 24.6 Å². The van der Waals surface area contributed by atoms with Gasteiger partial charge in [-0.15, -0.1) is 17.9 Å². The number of anilines is 1. The SMILES string of the molecule is C=CCn1c(=O)/c(=C2\Sc3cc(C)ccc3N2C)s/c1=C\c1scc[n+]1Cc1ccccc1.[Cl-]. The van der Waals surface area contributed by atoms with Gasteiger partial charge in [0.1, 0.15) is 14.2 Å². The average molecular weight is 526 g/mol. The van der Waals surface area contributed by atoms with Crippen LogP contribution in [-0.4, -0.2) is 11.6 Å².